The Labute approximate surface area is 452 Å². The number of hydrogen-bond donors (Lipinski definition) is 14. The van der Waals surface area contributed by atoms with Crippen molar-refractivity contribution in [2.45, 2.75) is 170 Å². The van der Waals surface area contributed by atoms with Crippen LogP contribution in [0, 0.1) is 35.5 Å². The van der Waals surface area contributed by atoms with Crippen molar-refractivity contribution in [2.75, 3.05) is 32.7 Å². The fraction of sp³-hybridized carbons (Fsp3) is 0.740. The summed E-state index contributed by atoms with van der Waals surface area (Å²) in [4.78, 5) is 167. The van der Waals surface area contributed by atoms with E-state index in [1.54, 1.807) is 55.4 Å². The third-order valence-corrected chi connectivity index (χ3v) is 11.1. The van der Waals surface area contributed by atoms with Gasteiger partial charge in [0.15, 0.2) is 0 Å². The number of nitrogens with two attached hydrogens (primary N) is 3. The number of carbonyl (C=O) groups is 13. The summed E-state index contributed by atoms with van der Waals surface area (Å²) >= 11 is 0. The number of amides is 13. The van der Waals surface area contributed by atoms with E-state index in [1.165, 1.54) is 0 Å². The van der Waals surface area contributed by atoms with Crippen LogP contribution >= 0.6 is 0 Å². The molecule has 27 heteroatoms. The molecule has 0 fully saturated rings. The van der Waals surface area contributed by atoms with Gasteiger partial charge in [-0.3, -0.25) is 62.3 Å². The molecule has 0 heterocycles. The van der Waals surface area contributed by atoms with Crippen molar-refractivity contribution < 1.29 is 62.3 Å². The van der Waals surface area contributed by atoms with Crippen LogP contribution in [0.1, 0.15) is 128 Å². The molecule has 77 heavy (non-hydrogen) atoms. The molecule has 0 bridgehead atoms. The predicted octanol–water partition coefficient (Wildman–Crippen LogP) is -3.56. The highest BCUT2D eigenvalue weighted by Crippen LogP contribution is 2.12. The lowest BCUT2D eigenvalue weighted by atomic mass is 9.99. The lowest BCUT2D eigenvalue weighted by Crippen LogP contribution is -2.58. The Morgan fingerprint density at radius 1 is 0.286 bits per heavy atom. The molecule has 27 nitrogen and oxygen atoms in total. The summed E-state index contributed by atoms with van der Waals surface area (Å²) in [5, 5.41) is 27.3. The molecule has 0 aliphatic carbocycles. The number of hydrogen-bond acceptors (Lipinski definition) is 14. The van der Waals surface area contributed by atoms with Crippen LogP contribution in [-0.4, -0.2) is 152 Å². The van der Waals surface area contributed by atoms with Crippen molar-refractivity contribution in [3.63, 3.8) is 0 Å². The normalized spacial score (nSPS) is 14.0. The van der Waals surface area contributed by atoms with Gasteiger partial charge in [-0.2, -0.15) is 0 Å². The van der Waals surface area contributed by atoms with E-state index in [9.17, 15) is 62.3 Å². The van der Waals surface area contributed by atoms with E-state index < -0.39 is 152 Å². The highest BCUT2D eigenvalue weighted by atomic mass is 16.2. The van der Waals surface area contributed by atoms with E-state index >= 15 is 0 Å². The van der Waals surface area contributed by atoms with E-state index in [4.69, 9.17) is 17.2 Å². The van der Waals surface area contributed by atoms with Gasteiger partial charge in [0.2, 0.25) is 76.8 Å². The first-order valence-electron chi connectivity index (χ1n) is 26.2. The molecule has 0 aromatic rings. The SMILES string of the molecule is CC(C)C[C@H](NC(=O)CNC(=O)CNC(=O)[C@H](CC(C)C)NC(=O)CNC(=O)[C@H](CC(C)C)NC(=O)[C@H](CC(C)C)NC(=O)CNC(=O)C[C@H](NC(=O)[C@H](CC(C)C)NC(=O)[C@H](CC(C)C)NC(=O)CN)C(N)=O)C(N)=O. The Morgan fingerprint density at radius 2 is 0.532 bits per heavy atom. The smallest absolute Gasteiger partial charge is 0.243 e. The lowest BCUT2D eigenvalue weighted by Gasteiger charge is -2.26. The Hall–Kier alpha value is -6.93. The van der Waals surface area contributed by atoms with Gasteiger partial charge < -0.3 is 75.7 Å². The number of nitrogens with one attached hydrogen (secondary N) is 11. The van der Waals surface area contributed by atoms with Crippen molar-refractivity contribution >= 4 is 76.8 Å². The molecule has 0 aromatic heterocycles. The third-order valence-electron chi connectivity index (χ3n) is 11.1. The summed E-state index contributed by atoms with van der Waals surface area (Å²) in [7, 11) is 0. The van der Waals surface area contributed by atoms with Gasteiger partial charge in [-0.05, 0) is 74.0 Å². The molecule has 13 amide bonds. The summed E-state index contributed by atoms with van der Waals surface area (Å²) in [6, 6.07) is -8.24. The van der Waals surface area contributed by atoms with Gasteiger partial charge in [0.1, 0.15) is 42.3 Å². The van der Waals surface area contributed by atoms with E-state index in [-0.39, 0.29) is 74.2 Å². The minimum absolute atomic E-state index is 0.0226. The Morgan fingerprint density at radius 3 is 0.870 bits per heavy atom. The van der Waals surface area contributed by atoms with Crippen molar-refractivity contribution in [3.8, 4) is 0 Å². The van der Waals surface area contributed by atoms with E-state index in [0.717, 1.165) is 0 Å². The van der Waals surface area contributed by atoms with Crippen LogP contribution in [-0.2, 0) is 62.3 Å². The summed E-state index contributed by atoms with van der Waals surface area (Å²) in [5.74, 6) is -10.5. The highest BCUT2D eigenvalue weighted by molar-refractivity contribution is 5.98. The van der Waals surface area contributed by atoms with Gasteiger partial charge in [0, 0.05) is 0 Å². The average molecular weight is 1100 g/mol. The van der Waals surface area contributed by atoms with E-state index in [0.29, 0.717) is 6.42 Å². The summed E-state index contributed by atoms with van der Waals surface area (Å²) in [6.07, 6.45) is 0.295. The summed E-state index contributed by atoms with van der Waals surface area (Å²) < 4.78 is 0. The molecule has 0 unspecified atom stereocenters. The van der Waals surface area contributed by atoms with Crippen molar-refractivity contribution in [2.24, 2.45) is 52.7 Å². The van der Waals surface area contributed by atoms with Gasteiger partial charge in [0.25, 0.3) is 0 Å². The second kappa shape index (κ2) is 36.2. The highest BCUT2D eigenvalue weighted by Gasteiger charge is 2.33. The molecule has 0 aliphatic rings. The molecule has 0 saturated heterocycles. The molecule has 438 valence electrons. The maximum atomic E-state index is 13.7. The van der Waals surface area contributed by atoms with Crippen molar-refractivity contribution in [1.82, 2.24) is 58.5 Å². The second-order valence-electron chi connectivity index (χ2n) is 21.6. The predicted molar refractivity (Wildman–Crippen MR) is 284 cm³/mol. The molecule has 0 saturated carbocycles. The lowest BCUT2D eigenvalue weighted by molar-refractivity contribution is -0.135. The molecular formula is C50H90N14O13. The van der Waals surface area contributed by atoms with Crippen molar-refractivity contribution in [1.29, 1.82) is 0 Å². The molecule has 0 aromatic carbocycles. The maximum absolute atomic E-state index is 13.7. The molecular weight excluding hydrogens is 1000 g/mol. The topological polar surface area (TPSA) is 432 Å². The van der Waals surface area contributed by atoms with Crippen LogP contribution in [0.2, 0.25) is 0 Å². The monoisotopic (exact) mass is 1090 g/mol. The molecule has 0 spiro atoms. The zero-order chi connectivity index (χ0) is 59.3. The number of primary amides is 2. The minimum Gasteiger partial charge on any atom is -0.368 e. The minimum atomic E-state index is -1.57. The number of rotatable bonds is 37. The Balaban J connectivity index is 5.71. The quantitative estimate of drug-likeness (QED) is 0.0287. The van der Waals surface area contributed by atoms with Crippen LogP contribution in [0.25, 0.3) is 0 Å². The average Bonchev–Trinajstić information content (AvgIpc) is 3.30. The fourth-order valence-electron chi connectivity index (χ4n) is 7.52. The van der Waals surface area contributed by atoms with Crippen LogP contribution in [0.4, 0.5) is 0 Å². The van der Waals surface area contributed by atoms with Gasteiger partial charge in [-0.1, -0.05) is 83.1 Å². The molecule has 0 radical (unpaired) electrons. The fourth-order valence-corrected chi connectivity index (χ4v) is 7.52. The van der Waals surface area contributed by atoms with Gasteiger partial charge in [-0.15, -0.1) is 0 Å². The summed E-state index contributed by atoms with van der Waals surface area (Å²) in [6.45, 7) is 19.0. The maximum Gasteiger partial charge on any atom is 0.243 e. The first-order valence-corrected chi connectivity index (χ1v) is 26.2. The Bertz CT molecular complexity index is 2030. The van der Waals surface area contributed by atoms with Crippen LogP contribution in [0.3, 0.4) is 0 Å². The zero-order valence-electron chi connectivity index (χ0n) is 47.0. The van der Waals surface area contributed by atoms with E-state index in [1.807, 2.05) is 27.7 Å². The first kappa shape index (κ1) is 70.1. The van der Waals surface area contributed by atoms with Crippen molar-refractivity contribution in [3.05, 3.63) is 0 Å². The van der Waals surface area contributed by atoms with Crippen LogP contribution < -0.4 is 75.7 Å². The zero-order valence-corrected chi connectivity index (χ0v) is 47.0. The second-order valence-corrected chi connectivity index (χ2v) is 21.6. The standard InChI is InChI=1S/C50H90N14O13/c1-25(2)13-31(44(52)71)58-41(68)23-55-40(67)21-56-46(73)33(14-26(3)4)60-43(70)24-57-47(74)34(15-27(5)6)63-49(76)36(17-29(9)10)61-42(69)22-54-38(65)19-32(45(53)72)62-50(77)37(18-30(11)12)64-48(75)35(16-28(7)8)59-39(66)20-51/h25-37H,13-24,51H2,1-12H3,(H2,52,71)(H2,53,72)(H,54,65)(H,55,67)(H,56,73)(H,57,74)(H,58,68)(H,59,66)(H,60,70)(H,61,69)(H,62,77)(H,63,76)(H,64,75)/t31-,32-,33-,34-,35-,36-,37-/m0/s1. The third kappa shape index (κ3) is 31.7. The molecule has 7 atom stereocenters. The van der Waals surface area contributed by atoms with Crippen LogP contribution in [0.15, 0.2) is 0 Å². The Kier molecular flexibility index (Phi) is 32.9. The van der Waals surface area contributed by atoms with Gasteiger partial charge >= 0.3 is 0 Å². The molecule has 0 aliphatic heterocycles. The van der Waals surface area contributed by atoms with Crippen LogP contribution in [0.5, 0.6) is 0 Å². The number of carbonyl (C=O) groups excluding carboxylic acids is 13. The molecule has 0 rings (SSSR count). The largest absolute Gasteiger partial charge is 0.368 e. The van der Waals surface area contributed by atoms with Gasteiger partial charge in [0.05, 0.1) is 39.1 Å². The summed E-state index contributed by atoms with van der Waals surface area (Å²) in [5.41, 5.74) is 16.3. The first-order chi connectivity index (χ1) is 35.7. The van der Waals surface area contributed by atoms with Gasteiger partial charge in [-0.25, -0.2) is 0 Å². The molecule has 17 N–H and O–H groups in total. The van der Waals surface area contributed by atoms with E-state index in [2.05, 4.69) is 58.5 Å².